The van der Waals surface area contributed by atoms with Crippen LogP contribution in [0.4, 0.5) is 0 Å². The van der Waals surface area contributed by atoms with Crippen molar-refractivity contribution < 1.29 is 9.47 Å². The Morgan fingerprint density at radius 2 is 1.58 bits per heavy atom. The summed E-state index contributed by atoms with van der Waals surface area (Å²) >= 11 is 0. The SMILES string of the molecule is COc1ccccc1Oc1nccc2ccccc12. The fourth-order valence-corrected chi connectivity index (χ4v) is 1.98. The number of hydrogen-bond donors (Lipinski definition) is 0. The number of fused-ring (bicyclic) bond motifs is 1. The second kappa shape index (κ2) is 4.98. The molecule has 0 bridgehead atoms. The smallest absolute Gasteiger partial charge is 0.227 e. The average Bonchev–Trinajstić information content (AvgIpc) is 2.48. The molecule has 3 aromatic rings. The maximum absolute atomic E-state index is 5.88. The Balaban J connectivity index is 2.06. The van der Waals surface area contributed by atoms with Crippen LogP contribution in [0.25, 0.3) is 10.8 Å². The van der Waals surface area contributed by atoms with Gasteiger partial charge in [-0.15, -0.1) is 0 Å². The Hall–Kier alpha value is -2.55. The van der Waals surface area contributed by atoms with Crippen LogP contribution in [0.3, 0.4) is 0 Å². The molecule has 3 rings (SSSR count). The van der Waals surface area contributed by atoms with Crippen LogP contribution in [-0.2, 0) is 0 Å². The first kappa shape index (κ1) is 11.5. The monoisotopic (exact) mass is 251 g/mol. The van der Waals surface area contributed by atoms with E-state index in [9.17, 15) is 0 Å². The molecule has 0 fully saturated rings. The second-order valence-electron chi connectivity index (χ2n) is 4.09. The molecule has 3 heteroatoms. The van der Waals surface area contributed by atoms with Gasteiger partial charge in [0.1, 0.15) is 0 Å². The van der Waals surface area contributed by atoms with Crippen LogP contribution in [-0.4, -0.2) is 12.1 Å². The maximum atomic E-state index is 5.88. The normalized spacial score (nSPS) is 10.4. The van der Waals surface area contributed by atoms with Gasteiger partial charge >= 0.3 is 0 Å². The highest BCUT2D eigenvalue weighted by Gasteiger charge is 2.08. The number of ether oxygens (including phenoxy) is 2. The summed E-state index contributed by atoms with van der Waals surface area (Å²) in [7, 11) is 1.62. The van der Waals surface area contributed by atoms with Crippen LogP contribution in [0.15, 0.2) is 60.8 Å². The second-order valence-corrected chi connectivity index (χ2v) is 4.09. The quantitative estimate of drug-likeness (QED) is 0.704. The molecule has 0 amide bonds. The summed E-state index contributed by atoms with van der Waals surface area (Å²) in [6.45, 7) is 0. The van der Waals surface area contributed by atoms with Crippen molar-refractivity contribution in [3.63, 3.8) is 0 Å². The minimum atomic E-state index is 0.586. The van der Waals surface area contributed by atoms with Crippen molar-refractivity contribution >= 4 is 10.8 Å². The third-order valence-corrected chi connectivity index (χ3v) is 2.91. The zero-order valence-corrected chi connectivity index (χ0v) is 10.5. The van der Waals surface area contributed by atoms with Crippen molar-refractivity contribution in [2.75, 3.05) is 7.11 Å². The summed E-state index contributed by atoms with van der Waals surface area (Å²) in [5, 5.41) is 2.08. The standard InChI is InChI=1S/C16H13NO2/c1-18-14-8-4-5-9-15(14)19-16-13-7-3-2-6-12(13)10-11-17-16/h2-11H,1H3. The molecule has 0 aliphatic rings. The van der Waals surface area contributed by atoms with Crippen LogP contribution >= 0.6 is 0 Å². The fraction of sp³-hybridized carbons (Fsp3) is 0.0625. The van der Waals surface area contributed by atoms with E-state index in [0.717, 1.165) is 10.8 Å². The van der Waals surface area contributed by atoms with Crippen molar-refractivity contribution in [1.29, 1.82) is 0 Å². The molecule has 19 heavy (non-hydrogen) atoms. The van der Waals surface area contributed by atoms with E-state index < -0.39 is 0 Å². The van der Waals surface area contributed by atoms with Crippen LogP contribution in [0.5, 0.6) is 17.4 Å². The average molecular weight is 251 g/mol. The number of nitrogens with zero attached hydrogens (tertiary/aromatic N) is 1. The topological polar surface area (TPSA) is 31.4 Å². The maximum Gasteiger partial charge on any atom is 0.227 e. The number of pyridine rings is 1. The Morgan fingerprint density at radius 3 is 2.42 bits per heavy atom. The van der Waals surface area contributed by atoms with E-state index in [1.54, 1.807) is 13.3 Å². The lowest BCUT2D eigenvalue weighted by atomic mass is 10.2. The summed E-state index contributed by atoms with van der Waals surface area (Å²) in [5.41, 5.74) is 0. The molecule has 0 atom stereocenters. The zero-order valence-electron chi connectivity index (χ0n) is 10.5. The first-order valence-electron chi connectivity index (χ1n) is 6.03. The molecule has 94 valence electrons. The van der Waals surface area contributed by atoms with Gasteiger partial charge in [0, 0.05) is 11.6 Å². The van der Waals surface area contributed by atoms with Crippen LogP contribution in [0.2, 0.25) is 0 Å². The largest absolute Gasteiger partial charge is 0.493 e. The molecule has 0 radical (unpaired) electrons. The molecule has 3 nitrogen and oxygen atoms in total. The molecule has 0 saturated heterocycles. The number of para-hydroxylation sites is 2. The number of hydrogen-bond acceptors (Lipinski definition) is 3. The fourth-order valence-electron chi connectivity index (χ4n) is 1.98. The lowest BCUT2D eigenvalue weighted by Crippen LogP contribution is -1.92. The van der Waals surface area contributed by atoms with Gasteiger partial charge in [-0.2, -0.15) is 0 Å². The van der Waals surface area contributed by atoms with Crippen LogP contribution in [0.1, 0.15) is 0 Å². The van der Waals surface area contributed by atoms with Crippen molar-refractivity contribution in [1.82, 2.24) is 4.98 Å². The van der Waals surface area contributed by atoms with E-state index in [4.69, 9.17) is 9.47 Å². The van der Waals surface area contributed by atoms with Crippen LogP contribution in [0, 0.1) is 0 Å². The van der Waals surface area contributed by atoms with E-state index in [0.29, 0.717) is 17.4 Å². The highest BCUT2D eigenvalue weighted by molar-refractivity contribution is 5.86. The Bertz CT molecular complexity index is 704. The molecule has 0 aliphatic heterocycles. The van der Waals surface area contributed by atoms with Gasteiger partial charge in [0.05, 0.1) is 7.11 Å². The molecule has 0 saturated carbocycles. The number of rotatable bonds is 3. The van der Waals surface area contributed by atoms with E-state index in [2.05, 4.69) is 4.98 Å². The zero-order chi connectivity index (χ0) is 13.1. The van der Waals surface area contributed by atoms with Crippen molar-refractivity contribution in [3.8, 4) is 17.4 Å². The predicted molar refractivity (Wildman–Crippen MR) is 74.8 cm³/mol. The van der Waals surface area contributed by atoms with E-state index in [1.807, 2.05) is 54.6 Å². The summed E-state index contributed by atoms with van der Waals surface area (Å²) < 4.78 is 11.2. The Morgan fingerprint density at radius 1 is 0.842 bits per heavy atom. The summed E-state index contributed by atoms with van der Waals surface area (Å²) in [6.07, 6.45) is 1.74. The first-order chi connectivity index (χ1) is 9.38. The van der Waals surface area contributed by atoms with Gasteiger partial charge in [0.2, 0.25) is 5.88 Å². The molecule has 1 aromatic heterocycles. The van der Waals surface area contributed by atoms with Gasteiger partial charge in [0.15, 0.2) is 11.5 Å². The number of benzene rings is 2. The van der Waals surface area contributed by atoms with Gasteiger partial charge in [-0.1, -0.05) is 30.3 Å². The Labute approximate surface area is 111 Å². The molecule has 1 heterocycles. The van der Waals surface area contributed by atoms with Gasteiger partial charge in [0.25, 0.3) is 0 Å². The molecule has 0 unspecified atom stereocenters. The molecule has 0 spiro atoms. The molecule has 2 aromatic carbocycles. The Kier molecular flexibility index (Phi) is 3.02. The lowest BCUT2D eigenvalue weighted by molar-refractivity contribution is 0.376. The summed E-state index contributed by atoms with van der Waals surface area (Å²) in [6, 6.07) is 17.5. The minimum absolute atomic E-state index is 0.586. The van der Waals surface area contributed by atoms with Gasteiger partial charge < -0.3 is 9.47 Å². The highest BCUT2D eigenvalue weighted by Crippen LogP contribution is 2.33. The summed E-state index contributed by atoms with van der Waals surface area (Å²) in [4.78, 5) is 4.30. The van der Waals surface area contributed by atoms with E-state index in [1.165, 1.54) is 0 Å². The third kappa shape index (κ3) is 2.22. The van der Waals surface area contributed by atoms with Crippen LogP contribution < -0.4 is 9.47 Å². The first-order valence-corrected chi connectivity index (χ1v) is 6.03. The van der Waals surface area contributed by atoms with Crippen molar-refractivity contribution in [3.05, 3.63) is 60.8 Å². The summed E-state index contributed by atoms with van der Waals surface area (Å²) in [5.74, 6) is 1.94. The van der Waals surface area contributed by atoms with E-state index >= 15 is 0 Å². The number of aromatic nitrogens is 1. The molecule has 0 aliphatic carbocycles. The van der Waals surface area contributed by atoms with Crippen molar-refractivity contribution in [2.24, 2.45) is 0 Å². The molecule has 0 N–H and O–H groups in total. The predicted octanol–water partition coefficient (Wildman–Crippen LogP) is 4.04. The van der Waals surface area contributed by atoms with Gasteiger partial charge in [-0.05, 0) is 29.7 Å². The minimum Gasteiger partial charge on any atom is -0.493 e. The lowest BCUT2D eigenvalue weighted by Gasteiger charge is -2.10. The van der Waals surface area contributed by atoms with Gasteiger partial charge in [-0.3, -0.25) is 0 Å². The van der Waals surface area contributed by atoms with E-state index in [-0.39, 0.29) is 0 Å². The number of methoxy groups -OCH3 is 1. The third-order valence-electron chi connectivity index (χ3n) is 2.91. The van der Waals surface area contributed by atoms with Gasteiger partial charge in [-0.25, -0.2) is 4.98 Å². The molecular weight excluding hydrogens is 238 g/mol. The molecular formula is C16H13NO2. The highest BCUT2D eigenvalue weighted by atomic mass is 16.5. The van der Waals surface area contributed by atoms with Crippen molar-refractivity contribution in [2.45, 2.75) is 0 Å².